The monoisotopic (exact) mass is 427 g/mol. The number of halogens is 2. The van der Waals surface area contributed by atoms with E-state index >= 15 is 0 Å². The second kappa shape index (κ2) is 8.27. The van der Waals surface area contributed by atoms with E-state index in [2.05, 4.69) is 5.32 Å². The van der Waals surface area contributed by atoms with Crippen LogP contribution in [-0.2, 0) is 5.41 Å². The molecule has 3 aromatic rings. The number of amides is 1. The summed E-state index contributed by atoms with van der Waals surface area (Å²) in [6.45, 7) is 4.09. The fourth-order valence-electron chi connectivity index (χ4n) is 3.02. The molecule has 1 amide bonds. The number of hydrogen-bond donors (Lipinski definition) is 2. The van der Waals surface area contributed by atoms with Crippen molar-refractivity contribution in [3.63, 3.8) is 0 Å². The lowest BCUT2D eigenvalue weighted by atomic mass is 9.78. The quantitative estimate of drug-likeness (QED) is 0.490. The van der Waals surface area contributed by atoms with Gasteiger partial charge in [0.1, 0.15) is 5.75 Å². The van der Waals surface area contributed by atoms with Crippen LogP contribution in [-0.4, -0.2) is 16.3 Å². The zero-order valence-corrected chi connectivity index (χ0v) is 17.4. The fourth-order valence-corrected chi connectivity index (χ4v) is 3.41. The third kappa shape index (κ3) is 4.61. The average molecular weight is 428 g/mol. The molecule has 0 unspecified atom stereocenters. The van der Waals surface area contributed by atoms with Crippen molar-refractivity contribution in [3.05, 3.63) is 94.0 Å². The molecule has 3 aromatic carbocycles. The number of hydrogen-bond acceptors (Lipinski definition) is 3. The third-order valence-corrected chi connectivity index (χ3v) is 5.43. The Hall–Kier alpha value is -2.82. The van der Waals surface area contributed by atoms with Crippen LogP contribution in [0.2, 0.25) is 5.02 Å². The Morgan fingerprint density at radius 1 is 0.897 bits per heavy atom. The van der Waals surface area contributed by atoms with E-state index in [1.165, 1.54) is 12.1 Å². The molecule has 0 aromatic heterocycles. The van der Waals surface area contributed by atoms with Crippen molar-refractivity contribution in [2.24, 2.45) is 0 Å². The largest absolute Gasteiger partial charge is 0.508 e. The summed E-state index contributed by atoms with van der Waals surface area (Å²) in [5.41, 5.74) is 2.81. The minimum Gasteiger partial charge on any atom is -0.508 e. The van der Waals surface area contributed by atoms with Crippen molar-refractivity contribution in [3.8, 4) is 5.75 Å². The number of rotatable bonds is 5. The van der Waals surface area contributed by atoms with Crippen molar-refractivity contribution in [2.45, 2.75) is 19.3 Å². The highest BCUT2D eigenvalue weighted by Gasteiger charge is 2.24. The zero-order chi connectivity index (χ0) is 21.2. The first kappa shape index (κ1) is 20.9. The van der Waals surface area contributed by atoms with Crippen LogP contribution in [0.1, 0.15) is 45.7 Å². The maximum atomic E-state index is 12.6. The summed E-state index contributed by atoms with van der Waals surface area (Å²) in [6.07, 6.45) is 0. The molecular weight excluding hydrogens is 409 g/mol. The first-order valence-electron chi connectivity index (χ1n) is 8.89. The molecule has 0 spiro atoms. The van der Waals surface area contributed by atoms with Crippen LogP contribution in [0.15, 0.2) is 66.7 Å². The summed E-state index contributed by atoms with van der Waals surface area (Å²) in [4.78, 5) is 23.7. The van der Waals surface area contributed by atoms with Gasteiger partial charge in [-0.05, 0) is 71.3 Å². The van der Waals surface area contributed by atoms with E-state index in [-0.39, 0.29) is 17.1 Å². The van der Waals surface area contributed by atoms with E-state index in [1.807, 2.05) is 32.0 Å². The predicted octanol–water partition coefficient (Wildman–Crippen LogP) is 6.00. The molecule has 3 rings (SSSR count). The van der Waals surface area contributed by atoms with Crippen LogP contribution in [0.3, 0.4) is 0 Å². The number of carbonyl (C=O) groups is 2. The molecule has 4 nitrogen and oxygen atoms in total. The number of phenolic OH excluding ortho intramolecular Hbond substituents is 1. The standard InChI is InChI=1S/C23H19Cl2NO3/c1-23(2,15-5-10-18(27)11-6-15)16-7-12-19(20(24)13-16)22(29)26-17-8-3-14(4-9-17)21(25)28/h3-13,27H,1-2H3,(H,26,29). The molecule has 29 heavy (non-hydrogen) atoms. The van der Waals surface area contributed by atoms with E-state index < -0.39 is 5.24 Å². The van der Waals surface area contributed by atoms with Crippen LogP contribution in [0.25, 0.3) is 0 Å². The maximum absolute atomic E-state index is 12.6. The minimum atomic E-state index is -0.558. The van der Waals surface area contributed by atoms with Gasteiger partial charge in [0.25, 0.3) is 11.1 Å². The molecule has 0 aliphatic heterocycles. The highest BCUT2D eigenvalue weighted by atomic mass is 35.5. The van der Waals surface area contributed by atoms with E-state index in [1.54, 1.807) is 36.4 Å². The molecule has 0 fully saturated rings. The van der Waals surface area contributed by atoms with E-state index in [0.717, 1.165) is 11.1 Å². The Bertz CT molecular complexity index is 1060. The summed E-state index contributed by atoms with van der Waals surface area (Å²) in [5, 5.41) is 12.0. The first-order valence-corrected chi connectivity index (χ1v) is 9.65. The highest BCUT2D eigenvalue weighted by Crippen LogP contribution is 2.34. The molecular formula is C23H19Cl2NO3. The van der Waals surface area contributed by atoms with Gasteiger partial charge in [0.05, 0.1) is 10.6 Å². The molecule has 0 bridgehead atoms. The van der Waals surface area contributed by atoms with E-state index in [0.29, 0.717) is 21.8 Å². The molecule has 0 saturated carbocycles. The summed E-state index contributed by atoms with van der Waals surface area (Å²) in [6, 6.07) is 18.6. The Morgan fingerprint density at radius 2 is 1.48 bits per heavy atom. The zero-order valence-electron chi connectivity index (χ0n) is 15.9. The van der Waals surface area contributed by atoms with Gasteiger partial charge in [0.2, 0.25) is 0 Å². The van der Waals surface area contributed by atoms with Gasteiger partial charge in [-0.3, -0.25) is 9.59 Å². The van der Waals surface area contributed by atoms with Gasteiger partial charge < -0.3 is 10.4 Å². The molecule has 0 aliphatic carbocycles. The maximum Gasteiger partial charge on any atom is 0.257 e. The number of nitrogens with one attached hydrogen (secondary N) is 1. The van der Waals surface area contributed by atoms with Crippen LogP contribution in [0.4, 0.5) is 5.69 Å². The SMILES string of the molecule is CC(C)(c1ccc(O)cc1)c1ccc(C(=O)Nc2ccc(C(=O)Cl)cc2)c(Cl)c1. The van der Waals surface area contributed by atoms with Gasteiger partial charge in [0.15, 0.2) is 0 Å². The predicted molar refractivity (Wildman–Crippen MR) is 116 cm³/mol. The van der Waals surface area contributed by atoms with Crippen molar-refractivity contribution in [1.82, 2.24) is 0 Å². The van der Waals surface area contributed by atoms with Crippen molar-refractivity contribution >= 4 is 40.0 Å². The molecule has 0 heterocycles. The first-order chi connectivity index (χ1) is 13.7. The molecule has 0 radical (unpaired) electrons. The number of carbonyl (C=O) groups excluding carboxylic acids is 2. The van der Waals surface area contributed by atoms with Crippen LogP contribution in [0, 0.1) is 0 Å². The Labute approximate surface area is 179 Å². The summed E-state index contributed by atoms with van der Waals surface area (Å²) < 4.78 is 0. The topological polar surface area (TPSA) is 66.4 Å². The highest BCUT2D eigenvalue weighted by molar-refractivity contribution is 6.67. The Kier molecular flexibility index (Phi) is 5.96. The van der Waals surface area contributed by atoms with Gasteiger partial charge >= 0.3 is 0 Å². The fraction of sp³-hybridized carbons (Fsp3) is 0.130. The number of aromatic hydroxyl groups is 1. The number of phenols is 1. The van der Waals surface area contributed by atoms with Crippen LogP contribution in [0.5, 0.6) is 5.75 Å². The molecule has 0 atom stereocenters. The van der Waals surface area contributed by atoms with Gasteiger partial charge in [-0.25, -0.2) is 0 Å². The average Bonchev–Trinajstić information content (AvgIpc) is 2.68. The molecule has 0 aliphatic rings. The van der Waals surface area contributed by atoms with Gasteiger partial charge in [-0.1, -0.05) is 43.6 Å². The number of anilines is 1. The van der Waals surface area contributed by atoms with Crippen molar-refractivity contribution in [2.75, 3.05) is 5.32 Å². The van der Waals surface area contributed by atoms with Gasteiger partial charge in [0, 0.05) is 16.7 Å². The van der Waals surface area contributed by atoms with Crippen LogP contribution < -0.4 is 5.32 Å². The minimum absolute atomic E-state index is 0.207. The molecule has 6 heteroatoms. The second-order valence-corrected chi connectivity index (χ2v) is 7.92. The van der Waals surface area contributed by atoms with Gasteiger partial charge in [-0.15, -0.1) is 0 Å². The van der Waals surface area contributed by atoms with Crippen LogP contribution >= 0.6 is 23.2 Å². The normalized spacial score (nSPS) is 11.2. The van der Waals surface area contributed by atoms with Crippen molar-refractivity contribution < 1.29 is 14.7 Å². The van der Waals surface area contributed by atoms with E-state index in [9.17, 15) is 14.7 Å². The molecule has 2 N–H and O–H groups in total. The number of benzene rings is 3. The molecule has 0 saturated heterocycles. The lowest BCUT2D eigenvalue weighted by Crippen LogP contribution is -2.19. The summed E-state index contributed by atoms with van der Waals surface area (Å²) in [7, 11) is 0. The Balaban J connectivity index is 1.82. The lowest BCUT2D eigenvalue weighted by Gasteiger charge is -2.26. The molecule has 148 valence electrons. The van der Waals surface area contributed by atoms with Crippen molar-refractivity contribution in [1.29, 1.82) is 0 Å². The second-order valence-electron chi connectivity index (χ2n) is 7.17. The lowest BCUT2D eigenvalue weighted by molar-refractivity contribution is 0.102. The summed E-state index contributed by atoms with van der Waals surface area (Å²) in [5.74, 6) is -0.146. The third-order valence-electron chi connectivity index (χ3n) is 4.89. The van der Waals surface area contributed by atoms with E-state index in [4.69, 9.17) is 23.2 Å². The smallest absolute Gasteiger partial charge is 0.257 e. The van der Waals surface area contributed by atoms with Gasteiger partial charge in [-0.2, -0.15) is 0 Å². The Morgan fingerprint density at radius 3 is 2.03 bits per heavy atom. The summed E-state index contributed by atoms with van der Waals surface area (Å²) >= 11 is 11.8.